The van der Waals surface area contributed by atoms with Gasteiger partial charge in [-0.05, 0) is 42.0 Å². The number of carbonyl (C=O) groups is 1. The van der Waals surface area contributed by atoms with Gasteiger partial charge < -0.3 is 4.90 Å². The lowest BCUT2D eigenvalue weighted by atomic mass is 9.97. The van der Waals surface area contributed by atoms with Gasteiger partial charge in [-0.25, -0.2) is 0 Å². The number of aryl methyl sites for hydroxylation is 1. The molecular formula is C19H22N2O. The molecule has 2 aromatic rings. The Morgan fingerprint density at radius 1 is 1.23 bits per heavy atom. The maximum absolute atomic E-state index is 12.4. The van der Waals surface area contributed by atoms with Gasteiger partial charge in [-0.1, -0.05) is 30.3 Å². The molecule has 0 fully saturated rings. The van der Waals surface area contributed by atoms with Gasteiger partial charge in [0, 0.05) is 38.3 Å². The first-order valence-electron chi connectivity index (χ1n) is 7.95. The zero-order chi connectivity index (χ0) is 15.4. The van der Waals surface area contributed by atoms with E-state index in [0.29, 0.717) is 12.3 Å². The fourth-order valence-corrected chi connectivity index (χ4v) is 3.18. The third-order valence-corrected chi connectivity index (χ3v) is 4.53. The number of rotatable bonds is 5. The van der Waals surface area contributed by atoms with Crippen LogP contribution in [0.3, 0.4) is 0 Å². The molecule has 0 radical (unpaired) electrons. The van der Waals surface area contributed by atoms with Crippen molar-refractivity contribution in [3.05, 3.63) is 65.5 Å². The molecular weight excluding hydrogens is 272 g/mol. The SMILES string of the molecule is CN(CCc1ccccn1)C(=O)C[C@@H]1CCc2ccccc21. The third kappa shape index (κ3) is 3.35. The van der Waals surface area contributed by atoms with Gasteiger partial charge in [-0.2, -0.15) is 0 Å². The molecule has 0 saturated heterocycles. The summed E-state index contributed by atoms with van der Waals surface area (Å²) < 4.78 is 0. The lowest BCUT2D eigenvalue weighted by Gasteiger charge is -2.19. The second-order valence-electron chi connectivity index (χ2n) is 6.02. The minimum Gasteiger partial charge on any atom is -0.345 e. The summed E-state index contributed by atoms with van der Waals surface area (Å²) in [5.41, 5.74) is 3.82. The average molecular weight is 294 g/mol. The van der Waals surface area contributed by atoms with E-state index in [0.717, 1.165) is 31.5 Å². The Morgan fingerprint density at radius 3 is 2.86 bits per heavy atom. The minimum atomic E-state index is 0.234. The highest BCUT2D eigenvalue weighted by Gasteiger charge is 2.25. The molecule has 1 amide bonds. The van der Waals surface area contributed by atoms with Gasteiger partial charge in [0.05, 0.1) is 0 Å². The number of hydrogen-bond donors (Lipinski definition) is 0. The molecule has 22 heavy (non-hydrogen) atoms. The molecule has 3 heteroatoms. The first kappa shape index (κ1) is 14.8. The summed E-state index contributed by atoms with van der Waals surface area (Å²) in [6.07, 6.45) is 5.43. The molecule has 1 aliphatic carbocycles. The molecule has 0 aliphatic heterocycles. The summed E-state index contributed by atoms with van der Waals surface area (Å²) in [4.78, 5) is 18.6. The summed E-state index contributed by atoms with van der Waals surface area (Å²) in [6, 6.07) is 14.4. The van der Waals surface area contributed by atoms with Crippen molar-refractivity contribution in [2.45, 2.75) is 31.6 Å². The van der Waals surface area contributed by atoms with E-state index in [2.05, 4.69) is 29.2 Å². The van der Waals surface area contributed by atoms with Crippen molar-refractivity contribution in [2.75, 3.05) is 13.6 Å². The van der Waals surface area contributed by atoms with Gasteiger partial charge in [-0.3, -0.25) is 9.78 Å². The molecule has 1 heterocycles. The average Bonchev–Trinajstić information content (AvgIpc) is 2.97. The van der Waals surface area contributed by atoms with Crippen LogP contribution in [0.4, 0.5) is 0 Å². The van der Waals surface area contributed by atoms with Crippen LogP contribution in [0.25, 0.3) is 0 Å². The summed E-state index contributed by atoms with van der Waals surface area (Å²) in [5, 5.41) is 0. The predicted octanol–water partition coefficient (Wildman–Crippen LogP) is 3.20. The summed E-state index contributed by atoms with van der Waals surface area (Å²) in [5.74, 6) is 0.624. The molecule has 1 atom stereocenters. The number of aromatic nitrogens is 1. The molecule has 1 aliphatic rings. The molecule has 0 unspecified atom stereocenters. The van der Waals surface area contributed by atoms with Gasteiger partial charge >= 0.3 is 0 Å². The molecule has 114 valence electrons. The number of amides is 1. The Morgan fingerprint density at radius 2 is 2.05 bits per heavy atom. The number of nitrogens with zero attached hydrogens (tertiary/aromatic N) is 2. The normalized spacial score (nSPS) is 16.3. The van der Waals surface area contributed by atoms with E-state index in [1.807, 2.05) is 30.1 Å². The molecule has 0 bridgehead atoms. The summed E-state index contributed by atoms with van der Waals surface area (Å²) in [7, 11) is 1.89. The van der Waals surface area contributed by atoms with E-state index >= 15 is 0 Å². The van der Waals surface area contributed by atoms with Gasteiger partial charge in [0.25, 0.3) is 0 Å². The van der Waals surface area contributed by atoms with Crippen molar-refractivity contribution < 1.29 is 4.79 Å². The maximum atomic E-state index is 12.4. The standard InChI is InChI=1S/C19H22N2O/c1-21(13-11-17-7-4-5-12-20-17)19(22)14-16-10-9-15-6-2-3-8-18(15)16/h2-8,12,16H,9-11,13-14H2,1H3/t16-/m0/s1. The first-order valence-corrected chi connectivity index (χ1v) is 7.95. The zero-order valence-electron chi connectivity index (χ0n) is 13.0. The van der Waals surface area contributed by atoms with Crippen molar-refractivity contribution in [1.82, 2.24) is 9.88 Å². The Balaban J connectivity index is 1.54. The Kier molecular flexibility index (Phi) is 4.52. The summed E-state index contributed by atoms with van der Waals surface area (Å²) >= 11 is 0. The largest absolute Gasteiger partial charge is 0.345 e. The maximum Gasteiger partial charge on any atom is 0.222 e. The lowest BCUT2D eigenvalue weighted by Crippen LogP contribution is -2.29. The van der Waals surface area contributed by atoms with E-state index in [1.165, 1.54) is 11.1 Å². The van der Waals surface area contributed by atoms with Crippen molar-refractivity contribution in [1.29, 1.82) is 0 Å². The molecule has 0 saturated carbocycles. The smallest absolute Gasteiger partial charge is 0.222 e. The van der Waals surface area contributed by atoms with Crippen LogP contribution >= 0.6 is 0 Å². The van der Waals surface area contributed by atoms with Crippen molar-refractivity contribution in [3.63, 3.8) is 0 Å². The second kappa shape index (κ2) is 6.73. The topological polar surface area (TPSA) is 33.2 Å². The van der Waals surface area contributed by atoms with E-state index < -0.39 is 0 Å². The molecule has 0 N–H and O–H groups in total. The molecule has 3 rings (SSSR count). The Bertz CT molecular complexity index is 639. The van der Waals surface area contributed by atoms with Crippen molar-refractivity contribution in [2.24, 2.45) is 0 Å². The van der Waals surface area contributed by atoms with Crippen LogP contribution in [0, 0.1) is 0 Å². The van der Waals surface area contributed by atoms with E-state index in [9.17, 15) is 4.79 Å². The Labute approximate surface area is 132 Å². The van der Waals surface area contributed by atoms with Crippen LogP contribution in [0.15, 0.2) is 48.7 Å². The number of likely N-dealkylation sites (N-methyl/N-ethyl adjacent to an activating group) is 1. The number of pyridine rings is 1. The van der Waals surface area contributed by atoms with Crippen LogP contribution in [0.2, 0.25) is 0 Å². The van der Waals surface area contributed by atoms with Crippen LogP contribution in [-0.2, 0) is 17.6 Å². The van der Waals surface area contributed by atoms with E-state index in [4.69, 9.17) is 0 Å². The molecule has 1 aromatic heterocycles. The highest BCUT2D eigenvalue weighted by molar-refractivity contribution is 5.77. The van der Waals surface area contributed by atoms with E-state index in [1.54, 1.807) is 6.20 Å². The van der Waals surface area contributed by atoms with Crippen molar-refractivity contribution in [3.8, 4) is 0 Å². The monoisotopic (exact) mass is 294 g/mol. The van der Waals surface area contributed by atoms with Crippen LogP contribution in [0.5, 0.6) is 0 Å². The molecule has 0 spiro atoms. The zero-order valence-corrected chi connectivity index (χ0v) is 13.0. The predicted molar refractivity (Wildman–Crippen MR) is 87.7 cm³/mol. The molecule has 1 aromatic carbocycles. The van der Waals surface area contributed by atoms with Crippen LogP contribution in [0.1, 0.15) is 35.6 Å². The van der Waals surface area contributed by atoms with Gasteiger partial charge in [0.15, 0.2) is 0 Å². The number of hydrogen-bond acceptors (Lipinski definition) is 2. The number of carbonyl (C=O) groups excluding carboxylic acids is 1. The number of fused-ring (bicyclic) bond motifs is 1. The van der Waals surface area contributed by atoms with Crippen molar-refractivity contribution >= 4 is 5.91 Å². The fraction of sp³-hybridized carbons (Fsp3) is 0.368. The van der Waals surface area contributed by atoms with E-state index in [-0.39, 0.29) is 5.91 Å². The lowest BCUT2D eigenvalue weighted by molar-refractivity contribution is -0.130. The van der Waals surface area contributed by atoms with Crippen LogP contribution < -0.4 is 0 Å². The van der Waals surface area contributed by atoms with Gasteiger partial charge in [0.2, 0.25) is 5.91 Å². The van der Waals surface area contributed by atoms with Crippen LogP contribution in [-0.4, -0.2) is 29.4 Å². The minimum absolute atomic E-state index is 0.234. The number of benzene rings is 1. The Hall–Kier alpha value is -2.16. The first-order chi connectivity index (χ1) is 10.7. The highest BCUT2D eigenvalue weighted by Crippen LogP contribution is 2.35. The van der Waals surface area contributed by atoms with Gasteiger partial charge in [-0.15, -0.1) is 0 Å². The van der Waals surface area contributed by atoms with Gasteiger partial charge in [0.1, 0.15) is 0 Å². The highest BCUT2D eigenvalue weighted by atomic mass is 16.2. The molecule has 3 nitrogen and oxygen atoms in total. The second-order valence-corrected chi connectivity index (χ2v) is 6.02. The quantitative estimate of drug-likeness (QED) is 0.848. The third-order valence-electron chi connectivity index (χ3n) is 4.53. The summed E-state index contributed by atoms with van der Waals surface area (Å²) in [6.45, 7) is 0.726. The fourth-order valence-electron chi connectivity index (χ4n) is 3.18.